The van der Waals surface area contributed by atoms with Crippen LogP contribution in [-0.4, -0.2) is 23.9 Å². The molecular weight excluding hydrogens is 474 g/mol. The lowest BCUT2D eigenvalue weighted by atomic mass is 9.53. The Bertz CT molecular complexity index is 1320. The summed E-state index contributed by atoms with van der Waals surface area (Å²) in [5, 5.41) is 10.9. The summed E-state index contributed by atoms with van der Waals surface area (Å²) in [5.41, 5.74) is 5.64. The number of imide groups is 1. The first kappa shape index (κ1) is 24.0. The molecule has 1 aliphatic heterocycles. The van der Waals surface area contributed by atoms with Crippen molar-refractivity contribution < 1.29 is 14.0 Å². The summed E-state index contributed by atoms with van der Waals surface area (Å²) < 4.78 is 5.71. The number of piperidine rings is 1. The third-order valence-corrected chi connectivity index (χ3v) is 9.69. The normalized spacial score (nSPS) is 30.1. The van der Waals surface area contributed by atoms with Gasteiger partial charge in [0.25, 0.3) is 0 Å². The average Bonchev–Trinajstić information content (AvgIpc) is 3.30. The zero-order valence-electron chi connectivity index (χ0n) is 21.9. The zero-order valence-corrected chi connectivity index (χ0v) is 21.9. The van der Waals surface area contributed by atoms with Crippen LogP contribution in [0.15, 0.2) is 53.1 Å². The molecule has 5 fully saturated rings. The van der Waals surface area contributed by atoms with E-state index in [1.165, 1.54) is 49.7 Å². The van der Waals surface area contributed by atoms with Gasteiger partial charge in [0.15, 0.2) is 0 Å². The summed E-state index contributed by atoms with van der Waals surface area (Å²) >= 11 is 0. The summed E-state index contributed by atoms with van der Waals surface area (Å²) in [6.45, 7) is 1.80. The lowest BCUT2D eigenvalue weighted by Crippen LogP contribution is -2.58. The van der Waals surface area contributed by atoms with E-state index >= 15 is 0 Å². The van der Waals surface area contributed by atoms with E-state index in [1.54, 1.807) is 6.26 Å². The van der Waals surface area contributed by atoms with Crippen molar-refractivity contribution in [2.45, 2.75) is 75.8 Å². The number of carbonyl (C=O) groups is 2. The Labute approximate surface area is 223 Å². The number of nitrogens with one attached hydrogen (secondary N) is 3. The summed E-state index contributed by atoms with van der Waals surface area (Å²) in [7, 11) is 0. The predicted octanol–water partition coefficient (Wildman–Crippen LogP) is 5.67. The third-order valence-electron chi connectivity index (χ3n) is 9.69. The van der Waals surface area contributed by atoms with Gasteiger partial charge in [0.1, 0.15) is 5.58 Å². The minimum Gasteiger partial charge on any atom is -0.464 e. The van der Waals surface area contributed by atoms with Gasteiger partial charge >= 0.3 is 0 Å². The van der Waals surface area contributed by atoms with Crippen LogP contribution in [0.2, 0.25) is 0 Å². The van der Waals surface area contributed by atoms with E-state index in [4.69, 9.17) is 4.42 Å². The molecule has 3 aromatic rings. The van der Waals surface area contributed by atoms with Gasteiger partial charge in [0, 0.05) is 35.1 Å². The fourth-order valence-corrected chi connectivity index (χ4v) is 8.25. The molecule has 2 amide bonds. The third kappa shape index (κ3) is 4.64. The maximum absolute atomic E-state index is 12.4. The van der Waals surface area contributed by atoms with Crippen LogP contribution >= 0.6 is 0 Å². The topological polar surface area (TPSA) is 83.4 Å². The van der Waals surface area contributed by atoms with Gasteiger partial charge in [-0.05, 0) is 105 Å². The summed E-state index contributed by atoms with van der Waals surface area (Å²) in [5.74, 6) is 2.16. The van der Waals surface area contributed by atoms with E-state index in [0.717, 1.165) is 59.5 Å². The molecule has 198 valence electrons. The first-order valence-corrected chi connectivity index (χ1v) is 14.4. The molecule has 1 aromatic heterocycles. The monoisotopic (exact) mass is 511 g/mol. The lowest BCUT2D eigenvalue weighted by molar-refractivity contribution is -0.134. The van der Waals surface area contributed by atoms with E-state index < -0.39 is 0 Å². The SMILES string of the molecule is O=C1CCC(c2coc3ccc(NCc4ccc(CCNC56CC7CC(CC(C7)C5)C6)cc4)cc23)C(=O)N1. The van der Waals surface area contributed by atoms with Gasteiger partial charge in [-0.3, -0.25) is 14.9 Å². The Balaban J connectivity index is 0.945. The highest BCUT2D eigenvalue weighted by Gasteiger charge is 2.50. The predicted molar refractivity (Wildman–Crippen MR) is 148 cm³/mol. The van der Waals surface area contributed by atoms with Crippen LogP contribution in [0.4, 0.5) is 5.69 Å². The molecule has 1 unspecified atom stereocenters. The van der Waals surface area contributed by atoms with Crippen molar-refractivity contribution in [3.63, 3.8) is 0 Å². The number of hydrogen-bond acceptors (Lipinski definition) is 5. The molecule has 6 heteroatoms. The minimum atomic E-state index is -0.353. The van der Waals surface area contributed by atoms with Crippen LogP contribution in [0, 0.1) is 17.8 Å². The van der Waals surface area contributed by atoms with E-state index in [1.807, 2.05) is 18.2 Å². The van der Waals surface area contributed by atoms with Gasteiger partial charge in [-0.2, -0.15) is 0 Å². The van der Waals surface area contributed by atoms with Crippen molar-refractivity contribution in [1.82, 2.24) is 10.6 Å². The Kier molecular flexibility index (Phi) is 6.03. The van der Waals surface area contributed by atoms with Crippen LogP contribution < -0.4 is 16.0 Å². The number of furan rings is 1. The Hall–Kier alpha value is -3.12. The minimum absolute atomic E-state index is 0.202. The Morgan fingerprint density at radius 1 is 0.921 bits per heavy atom. The highest BCUT2D eigenvalue weighted by molar-refractivity contribution is 6.03. The van der Waals surface area contributed by atoms with E-state index in [2.05, 4.69) is 40.2 Å². The zero-order chi connectivity index (χ0) is 25.7. The molecule has 3 N–H and O–H groups in total. The molecule has 6 nitrogen and oxygen atoms in total. The molecule has 4 saturated carbocycles. The molecule has 4 bridgehead atoms. The van der Waals surface area contributed by atoms with Gasteiger partial charge < -0.3 is 15.1 Å². The van der Waals surface area contributed by atoms with Crippen molar-refractivity contribution in [2.75, 3.05) is 11.9 Å². The van der Waals surface area contributed by atoms with Gasteiger partial charge in [0.2, 0.25) is 11.8 Å². The highest BCUT2D eigenvalue weighted by Crippen LogP contribution is 2.55. The van der Waals surface area contributed by atoms with Crippen LogP contribution in [0.25, 0.3) is 11.0 Å². The fraction of sp³-hybridized carbons (Fsp3) is 0.500. The van der Waals surface area contributed by atoms with Gasteiger partial charge in [-0.1, -0.05) is 24.3 Å². The lowest BCUT2D eigenvalue weighted by Gasteiger charge is -2.57. The quantitative estimate of drug-likeness (QED) is 0.340. The Morgan fingerprint density at radius 3 is 2.34 bits per heavy atom. The molecule has 8 rings (SSSR count). The van der Waals surface area contributed by atoms with E-state index in [9.17, 15) is 9.59 Å². The summed E-state index contributed by atoms with van der Waals surface area (Å²) in [6.07, 6.45) is 12.3. The molecule has 1 saturated heterocycles. The van der Waals surface area contributed by atoms with Crippen LogP contribution in [0.5, 0.6) is 0 Å². The number of fused-ring (bicyclic) bond motifs is 1. The number of benzene rings is 2. The van der Waals surface area contributed by atoms with Crippen molar-refractivity contribution in [3.05, 3.63) is 65.4 Å². The number of amides is 2. The molecule has 0 radical (unpaired) electrons. The van der Waals surface area contributed by atoms with Crippen molar-refractivity contribution in [2.24, 2.45) is 17.8 Å². The summed E-state index contributed by atoms with van der Waals surface area (Å²) in [4.78, 5) is 23.9. The number of anilines is 1. The first-order valence-electron chi connectivity index (χ1n) is 14.4. The van der Waals surface area contributed by atoms with Crippen LogP contribution in [0.1, 0.15) is 74.0 Å². The van der Waals surface area contributed by atoms with Gasteiger partial charge in [0.05, 0.1) is 12.2 Å². The molecule has 0 spiro atoms. The van der Waals surface area contributed by atoms with Gasteiger partial charge in [-0.25, -0.2) is 0 Å². The molecular formula is C32H37N3O3. The van der Waals surface area contributed by atoms with Crippen molar-refractivity contribution >= 4 is 28.5 Å². The fourth-order valence-electron chi connectivity index (χ4n) is 8.25. The maximum Gasteiger partial charge on any atom is 0.234 e. The molecule has 5 aliphatic rings. The second-order valence-electron chi connectivity index (χ2n) is 12.5. The smallest absolute Gasteiger partial charge is 0.234 e. The second kappa shape index (κ2) is 9.57. The molecule has 2 aromatic carbocycles. The first-order chi connectivity index (χ1) is 18.5. The molecule has 4 aliphatic carbocycles. The van der Waals surface area contributed by atoms with Crippen LogP contribution in [0.3, 0.4) is 0 Å². The maximum atomic E-state index is 12.4. The van der Waals surface area contributed by atoms with Crippen molar-refractivity contribution in [3.8, 4) is 0 Å². The van der Waals surface area contributed by atoms with Gasteiger partial charge in [-0.15, -0.1) is 0 Å². The highest BCUT2D eigenvalue weighted by atomic mass is 16.3. The average molecular weight is 512 g/mol. The van der Waals surface area contributed by atoms with E-state index in [0.29, 0.717) is 18.4 Å². The number of hydrogen-bond donors (Lipinski definition) is 3. The molecule has 2 heterocycles. The van der Waals surface area contributed by atoms with Crippen molar-refractivity contribution in [1.29, 1.82) is 0 Å². The Morgan fingerprint density at radius 2 is 1.63 bits per heavy atom. The summed E-state index contributed by atoms with van der Waals surface area (Å²) in [6, 6.07) is 15.0. The second-order valence-corrected chi connectivity index (χ2v) is 12.5. The van der Waals surface area contributed by atoms with Crippen LogP contribution in [-0.2, 0) is 22.6 Å². The standard InChI is InChI=1S/C32H37N3O3/c36-30-8-6-26(31(37)35-30)28-19-38-29-7-5-25(14-27(28)29)33-18-21-3-1-20(2-4-21)9-10-34-32-15-22-11-23(16-32)13-24(12-22)17-32/h1-5,7,14,19,22-24,26,33-34H,6,8-13,15-18H2,(H,35,36,37). The van der Waals surface area contributed by atoms with E-state index in [-0.39, 0.29) is 17.7 Å². The number of carbonyl (C=O) groups excluding carboxylic acids is 2. The molecule has 38 heavy (non-hydrogen) atoms. The largest absolute Gasteiger partial charge is 0.464 e. The number of rotatable bonds is 8. The molecule has 1 atom stereocenters.